The minimum atomic E-state index is -0.983. The molecule has 0 fully saturated rings. The van der Waals surface area contributed by atoms with Crippen molar-refractivity contribution in [1.82, 2.24) is 0 Å². The molecule has 1 N–H and O–H groups in total. The SMILES string of the molecule is CC(C)(O)[O][Au]. The third-order valence-corrected chi connectivity index (χ3v) is 1.23. The Bertz CT molecular complexity index is 38.5. The van der Waals surface area contributed by atoms with Gasteiger partial charge in [-0.3, -0.25) is 0 Å². The minimum absolute atomic E-state index is 0.983. The van der Waals surface area contributed by atoms with Crippen LogP contribution in [0.1, 0.15) is 13.8 Å². The molecule has 0 radical (unpaired) electrons. The second-order valence-corrected chi connectivity index (χ2v) is 1.95. The zero-order valence-electron chi connectivity index (χ0n) is 3.66. The molecule has 3 heteroatoms. The Morgan fingerprint density at radius 3 is 1.83 bits per heavy atom. The van der Waals surface area contributed by atoms with Crippen molar-refractivity contribution in [3.8, 4) is 0 Å². The maximum absolute atomic E-state index is 8.59. The molecule has 0 atom stereocenters. The summed E-state index contributed by atoms with van der Waals surface area (Å²) < 4.78 is 4.44. The van der Waals surface area contributed by atoms with E-state index in [1.54, 1.807) is 35.3 Å². The molecule has 42 valence electrons. The molecule has 0 aliphatic carbocycles. The first kappa shape index (κ1) is 6.66. The fourth-order valence-electron chi connectivity index (χ4n) is 0. The van der Waals surface area contributed by atoms with Crippen molar-refractivity contribution < 1.29 is 29.8 Å². The van der Waals surface area contributed by atoms with Gasteiger partial charge in [0.25, 0.3) is 0 Å². The Morgan fingerprint density at radius 1 is 1.67 bits per heavy atom. The molecule has 0 rings (SSSR count). The van der Waals surface area contributed by atoms with Gasteiger partial charge < -0.3 is 0 Å². The second-order valence-electron chi connectivity index (χ2n) is 1.51. The molecule has 0 saturated heterocycles. The molecule has 0 spiro atoms. The molecule has 6 heavy (non-hydrogen) atoms. The van der Waals surface area contributed by atoms with Gasteiger partial charge in [0.05, 0.1) is 0 Å². The Labute approximate surface area is 49.9 Å². The zero-order chi connectivity index (χ0) is 5.21. The van der Waals surface area contributed by atoms with Gasteiger partial charge >= 0.3 is 49.4 Å². The standard InChI is InChI=1S/C3H7O2.Au/c1-3(2,4)5;/h4H,1-2H3;/q-1;+1. The summed E-state index contributed by atoms with van der Waals surface area (Å²) in [5.74, 6) is -0.983. The molecule has 0 aromatic carbocycles. The van der Waals surface area contributed by atoms with E-state index >= 15 is 0 Å². The van der Waals surface area contributed by atoms with Crippen LogP contribution >= 0.6 is 0 Å². The number of hydrogen-bond acceptors (Lipinski definition) is 2. The van der Waals surface area contributed by atoms with Gasteiger partial charge in [-0.15, -0.1) is 0 Å². The first-order valence-electron chi connectivity index (χ1n) is 1.55. The molecule has 0 aliphatic heterocycles. The second kappa shape index (κ2) is 2.09. The normalized spacial score (nSPS) is 12.2. The van der Waals surface area contributed by atoms with Crippen LogP contribution in [0.2, 0.25) is 0 Å². The Kier molecular flexibility index (Phi) is 2.33. The molecular weight excluding hydrogens is 265 g/mol. The molecule has 2 nitrogen and oxygen atoms in total. The quantitative estimate of drug-likeness (QED) is 0.545. The molecule has 0 amide bonds. The van der Waals surface area contributed by atoms with Crippen molar-refractivity contribution >= 4 is 0 Å². The van der Waals surface area contributed by atoms with Crippen molar-refractivity contribution in [3.05, 3.63) is 0 Å². The summed E-state index contributed by atoms with van der Waals surface area (Å²) in [5, 5.41) is 8.59. The van der Waals surface area contributed by atoms with Crippen LogP contribution in [0.15, 0.2) is 0 Å². The molecule has 0 aliphatic rings. The van der Waals surface area contributed by atoms with Crippen LogP contribution in [0, 0.1) is 0 Å². The van der Waals surface area contributed by atoms with Crippen LogP contribution in [-0.4, -0.2) is 10.9 Å². The summed E-state index contributed by atoms with van der Waals surface area (Å²) in [6.45, 7) is 3.12. The topological polar surface area (TPSA) is 29.5 Å². The number of aliphatic hydroxyl groups is 1. The predicted octanol–water partition coefficient (Wildman–Crippen LogP) is 0.193. The monoisotopic (exact) mass is 272 g/mol. The van der Waals surface area contributed by atoms with Crippen LogP contribution in [0.5, 0.6) is 0 Å². The van der Waals surface area contributed by atoms with E-state index in [4.69, 9.17) is 5.11 Å². The summed E-state index contributed by atoms with van der Waals surface area (Å²) in [6.07, 6.45) is 0. The van der Waals surface area contributed by atoms with E-state index in [9.17, 15) is 0 Å². The van der Waals surface area contributed by atoms with Crippen molar-refractivity contribution in [2.45, 2.75) is 19.6 Å². The van der Waals surface area contributed by atoms with E-state index in [1.165, 1.54) is 0 Å². The van der Waals surface area contributed by atoms with Gasteiger partial charge in [-0.1, -0.05) is 0 Å². The maximum atomic E-state index is 8.59. The molecule has 0 aromatic rings. The molecule has 0 bridgehead atoms. The zero-order valence-corrected chi connectivity index (χ0v) is 5.82. The fourth-order valence-corrected chi connectivity index (χ4v) is 0. The Hall–Kier alpha value is 0.660. The average molecular weight is 272 g/mol. The van der Waals surface area contributed by atoms with E-state index in [1.807, 2.05) is 0 Å². The fraction of sp³-hybridized carbons (Fsp3) is 1.00. The first-order valence-corrected chi connectivity index (χ1v) is 2.44. The molecular formula is C3H7AuO2. The number of hydrogen-bond donors (Lipinski definition) is 1. The van der Waals surface area contributed by atoms with Crippen LogP contribution in [0.25, 0.3) is 0 Å². The average Bonchev–Trinajstić information content (AvgIpc) is 1.35. The third-order valence-electron chi connectivity index (χ3n) is 0.151. The molecule has 0 saturated carbocycles. The predicted molar refractivity (Wildman–Crippen MR) is 17.4 cm³/mol. The summed E-state index contributed by atoms with van der Waals surface area (Å²) in [4.78, 5) is 0. The van der Waals surface area contributed by atoms with Crippen LogP contribution in [-0.2, 0) is 24.7 Å². The van der Waals surface area contributed by atoms with Crippen LogP contribution < -0.4 is 0 Å². The summed E-state index contributed by atoms with van der Waals surface area (Å²) in [5.41, 5.74) is 0. The van der Waals surface area contributed by atoms with E-state index in [0.29, 0.717) is 0 Å². The van der Waals surface area contributed by atoms with E-state index in [0.717, 1.165) is 0 Å². The number of rotatable bonds is 1. The van der Waals surface area contributed by atoms with Gasteiger partial charge in [0.15, 0.2) is 0 Å². The molecule has 0 unspecified atom stereocenters. The van der Waals surface area contributed by atoms with Crippen molar-refractivity contribution in [2.24, 2.45) is 0 Å². The molecule has 0 aromatic heterocycles. The summed E-state index contributed by atoms with van der Waals surface area (Å²) in [6, 6.07) is 0. The first-order chi connectivity index (χ1) is 2.56. The van der Waals surface area contributed by atoms with Crippen LogP contribution in [0.3, 0.4) is 0 Å². The Balaban J connectivity index is 3.17. The van der Waals surface area contributed by atoms with Crippen molar-refractivity contribution in [2.75, 3.05) is 0 Å². The van der Waals surface area contributed by atoms with Gasteiger partial charge in [0, 0.05) is 0 Å². The molecule has 0 heterocycles. The van der Waals surface area contributed by atoms with Crippen molar-refractivity contribution in [3.63, 3.8) is 0 Å². The van der Waals surface area contributed by atoms with Gasteiger partial charge in [-0.2, -0.15) is 0 Å². The van der Waals surface area contributed by atoms with Crippen LogP contribution in [0.4, 0.5) is 0 Å². The van der Waals surface area contributed by atoms with E-state index < -0.39 is 5.79 Å². The van der Waals surface area contributed by atoms with Gasteiger partial charge in [-0.05, 0) is 0 Å². The van der Waals surface area contributed by atoms with Gasteiger partial charge in [-0.25, -0.2) is 0 Å². The van der Waals surface area contributed by atoms with Gasteiger partial charge in [0.2, 0.25) is 0 Å². The summed E-state index contributed by atoms with van der Waals surface area (Å²) >= 11 is 1.80. The Morgan fingerprint density at radius 2 is 1.83 bits per heavy atom. The van der Waals surface area contributed by atoms with Gasteiger partial charge in [0.1, 0.15) is 0 Å². The van der Waals surface area contributed by atoms with E-state index in [2.05, 4.69) is 3.24 Å². The summed E-state index contributed by atoms with van der Waals surface area (Å²) in [7, 11) is 0. The third kappa shape index (κ3) is 4.66. The van der Waals surface area contributed by atoms with E-state index in [-0.39, 0.29) is 0 Å². The van der Waals surface area contributed by atoms with Crippen molar-refractivity contribution in [1.29, 1.82) is 0 Å².